The van der Waals surface area contributed by atoms with Gasteiger partial charge in [0.05, 0.1) is 11.4 Å². The van der Waals surface area contributed by atoms with Gasteiger partial charge >= 0.3 is 0 Å². The lowest BCUT2D eigenvalue weighted by Gasteiger charge is -2.09. The van der Waals surface area contributed by atoms with Gasteiger partial charge in [-0.15, -0.1) is 0 Å². The van der Waals surface area contributed by atoms with Gasteiger partial charge in [-0.3, -0.25) is 4.79 Å². The van der Waals surface area contributed by atoms with E-state index in [1.165, 1.54) is 0 Å². The largest absolute Gasteiger partial charge is 0.397 e. The van der Waals surface area contributed by atoms with Crippen LogP contribution in [-0.2, 0) is 4.79 Å². The predicted molar refractivity (Wildman–Crippen MR) is 80.3 cm³/mol. The first-order valence-electron chi connectivity index (χ1n) is 6.11. The topological polar surface area (TPSA) is 55.1 Å². The molecule has 0 saturated carbocycles. The number of amides is 1. The molecule has 0 heterocycles. The summed E-state index contributed by atoms with van der Waals surface area (Å²) in [6.45, 7) is 1.81. The first kappa shape index (κ1) is 13.5. The fourth-order valence-electron chi connectivity index (χ4n) is 1.57. The molecule has 2 aromatic carbocycles. The maximum absolute atomic E-state index is 11.4. The summed E-state index contributed by atoms with van der Waals surface area (Å²) >= 11 is 1.64. The van der Waals surface area contributed by atoms with E-state index in [1.807, 2.05) is 55.5 Å². The molecule has 19 heavy (non-hydrogen) atoms. The van der Waals surface area contributed by atoms with E-state index in [0.29, 0.717) is 17.8 Å². The van der Waals surface area contributed by atoms with Crippen molar-refractivity contribution >= 4 is 29.0 Å². The van der Waals surface area contributed by atoms with Crippen LogP contribution in [0.25, 0.3) is 0 Å². The first-order chi connectivity index (χ1) is 9.19. The van der Waals surface area contributed by atoms with E-state index in [0.717, 1.165) is 9.79 Å². The number of hydrogen-bond acceptors (Lipinski definition) is 3. The number of carbonyl (C=O) groups excluding carboxylic acids is 1. The molecule has 0 aliphatic heterocycles. The maximum Gasteiger partial charge on any atom is 0.224 e. The van der Waals surface area contributed by atoms with Crippen molar-refractivity contribution in [3.63, 3.8) is 0 Å². The first-order valence-corrected chi connectivity index (χ1v) is 6.93. The van der Waals surface area contributed by atoms with Gasteiger partial charge in [-0.05, 0) is 30.3 Å². The molecule has 0 fully saturated rings. The lowest BCUT2D eigenvalue weighted by molar-refractivity contribution is -0.115. The van der Waals surface area contributed by atoms with Gasteiger partial charge < -0.3 is 11.1 Å². The smallest absolute Gasteiger partial charge is 0.224 e. The molecule has 0 spiro atoms. The van der Waals surface area contributed by atoms with Crippen LogP contribution in [0.2, 0.25) is 0 Å². The zero-order chi connectivity index (χ0) is 13.7. The van der Waals surface area contributed by atoms with Gasteiger partial charge in [0.1, 0.15) is 0 Å². The van der Waals surface area contributed by atoms with Crippen molar-refractivity contribution in [1.82, 2.24) is 0 Å². The highest BCUT2D eigenvalue weighted by atomic mass is 32.2. The molecule has 0 atom stereocenters. The molecule has 0 saturated heterocycles. The highest BCUT2D eigenvalue weighted by Gasteiger charge is 2.05. The van der Waals surface area contributed by atoms with E-state index in [2.05, 4.69) is 5.32 Å². The van der Waals surface area contributed by atoms with E-state index >= 15 is 0 Å². The van der Waals surface area contributed by atoms with Crippen molar-refractivity contribution in [1.29, 1.82) is 0 Å². The van der Waals surface area contributed by atoms with Gasteiger partial charge in [0.15, 0.2) is 0 Å². The van der Waals surface area contributed by atoms with Crippen LogP contribution in [0.5, 0.6) is 0 Å². The van der Waals surface area contributed by atoms with E-state index in [1.54, 1.807) is 11.8 Å². The van der Waals surface area contributed by atoms with Gasteiger partial charge in [-0.2, -0.15) is 0 Å². The molecule has 0 bridgehead atoms. The molecule has 1 amide bonds. The number of rotatable bonds is 4. The van der Waals surface area contributed by atoms with Crippen molar-refractivity contribution in [2.24, 2.45) is 0 Å². The highest BCUT2D eigenvalue weighted by Crippen LogP contribution is 2.31. The SMILES string of the molecule is CCC(=O)Nc1cc(Sc2ccccc2)ccc1N. The Hall–Kier alpha value is -1.94. The summed E-state index contributed by atoms with van der Waals surface area (Å²) in [7, 11) is 0. The third-order valence-corrected chi connectivity index (χ3v) is 3.60. The van der Waals surface area contributed by atoms with Crippen LogP contribution in [0.15, 0.2) is 58.3 Å². The second-order valence-corrected chi connectivity index (χ2v) is 5.21. The summed E-state index contributed by atoms with van der Waals surface area (Å²) in [5.41, 5.74) is 7.12. The fraction of sp³-hybridized carbons (Fsp3) is 0.133. The van der Waals surface area contributed by atoms with Crippen molar-refractivity contribution in [3.8, 4) is 0 Å². The van der Waals surface area contributed by atoms with E-state index in [4.69, 9.17) is 5.73 Å². The Kier molecular flexibility index (Phi) is 4.47. The second kappa shape index (κ2) is 6.29. The van der Waals surface area contributed by atoms with Crippen LogP contribution >= 0.6 is 11.8 Å². The number of benzene rings is 2. The summed E-state index contributed by atoms with van der Waals surface area (Å²) in [5, 5.41) is 2.81. The lowest BCUT2D eigenvalue weighted by atomic mass is 10.2. The number of nitrogens with two attached hydrogens (primary N) is 1. The van der Waals surface area contributed by atoms with Crippen molar-refractivity contribution in [2.45, 2.75) is 23.1 Å². The molecule has 3 nitrogen and oxygen atoms in total. The number of hydrogen-bond donors (Lipinski definition) is 2. The van der Waals surface area contributed by atoms with Gasteiger partial charge in [-0.1, -0.05) is 36.9 Å². The van der Waals surface area contributed by atoms with Crippen molar-refractivity contribution in [2.75, 3.05) is 11.1 Å². The van der Waals surface area contributed by atoms with Gasteiger partial charge in [0.2, 0.25) is 5.91 Å². The lowest BCUT2D eigenvalue weighted by Crippen LogP contribution is -2.11. The third-order valence-electron chi connectivity index (χ3n) is 2.60. The molecule has 3 N–H and O–H groups in total. The van der Waals surface area contributed by atoms with E-state index < -0.39 is 0 Å². The van der Waals surface area contributed by atoms with Crippen LogP contribution < -0.4 is 11.1 Å². The minimum atomic E-state index is -0.0337. The Morgan fingerprint density at radius 1 is 1.16 bits per heavy atom. The number of nitrogen functional groups attached to an aromatic ring is 1. The summed E-state index contributed by atoms with van der Waals surface area (Å²) in [6, 6.07) is 15.8. The zero-order valence-electron chi connectivity index (χ0n) is 10.7. The Labute approximate surface area is 117 Å². The molecule has 0 aromatic heterocycles. The van der Waals surface area contributed by atoms with E-state index in [9.17, 15) is 4.79 Å². The van der Waals surface area contributed by atoms with Gasteiger partial charge in [0, 0.05) is 16.2 Å². The molecular formula is C15H16N2OS. The zero-order valence-corrected chi connectivity index (χ0v) is 11.5. The minimum absolute atomic E-state index is 0.0337. The van der Waals surface area contributed by atoms with Crippen LogP contribution in [0.4, 0.5) is 11.4 Å². The molecule has 0 aliphatic rings. The normalized spacial score (nSPS) is 10.2. The Bertz CT molecular complexity index is 570. The van der Waals surface area contributed by atoms with Crippen molar-refractivity contribution in [3.05, 3.63) is 48.5 Å². The van der Waals surface area contributed by atoms with E-state index in [-0.39, 0.29) is 5.91 Å². The summed E-state index contributed by atoms with van der Waals surface area (Å²) < 4.78 is 0. The number of anilines is 2. The molecule has 0 aliphatic carbocycles. The predicted octanol–water partition coefficient (Wildman–Crippen LogP) is 3.77. The van der Waals surface area contributed by atoms with Crippen LogP contribution in [0.3, 0.4) is 0 Å². The van der Waals surface area contributed by atoms with Gasteiger partial charge in [-0.25, -0.2) is 0 Å². The molecule has 0 unspecified atom stereocenters. The summed E-state index contributed by atoms with van der Waals surface area (Å²) in [4.78, 5) is 13.6. The van der Waals surface area contributed by atoms with Crippen LogP contribution in [0, 0.1) is 0 Å². The Morgan fingerprint density at radius 2 is 1.89 bits per heavy atom. The molecule has 98 valence electrons. The molecule has 2 rings (SSSR count). The number of carbonyl (C=O) groups is 1. The molecular weight excluding hydrogens is 256 g/mol. The molecule has 4 heteroatoms. The molecule has 0 radical (unpaired) electrons. The average molecular weight is 272 g/mol. The average Bonchev–Trinajstić information content (AvgIpc) is 2.43. The Balaban J connectivity index is 2.18. The maximum atomic E-state index is 11.4. The fourth-order valence-corrected chi connectivity index (χ4v) is 2.45. The van der Waals surface area contributed by atoms with Gasteiger partial charge in [0.25, 0.3) is 0 Å². The third kappa shape index (κ3) is 3.76. The quantitative estimate of drug-likeness (QED) is 0.833. The Morgan fingerprint density at radius 3 is 2.58 bits per heavy atom. The monoisotopic (exact) mass is 272 g/mol. The highest BCUT2D eigenvalue weighted by molar-refractivity contribution is 7.99. The van der Waals surface area contributed by atoms with Crippen molar-refractivity contribution < 1.29 is 4.79 Å². The number of nitrogens with one attached hydrogen (secondary N) is 1. The minimum Gasteiger partial charge on any atom is -0.397 e. The standard InChI is InChI=1S/C15H16N2OS/c1-2-15(18)17-14-10-12(8-9-13(14)16)19-11-6-4-3-5-7-11/h3-10H,2,16H2,1H3,(H,17,18). The second-order valence-electron chi connectivity index (χ2n) is 4.07. The van der Waals surface area contributed by atoms with Crippen LogP contribution in [0.1, 0.15) is 13.3 Å². The van der Waals surface area contributed by atoms with Crippen LogP contribution in [-0.4, -0.2) is 5.91 Å². The summed E-state index contributed by atoms with van der Waals surface area (Å²) in [5.74, 6) is -0.0337. The molecule has 2 aromatic rings. The summed E-state index contributed by atoms with van der Waals surface area (Å²) in [6.07, 6.45) is 0.440.